The number of hydrogen-bond acceptors (Lipinski definition) is 6. The number of halogens is 1. The Labute approximate surface area is 182 Å². The number of rotatable bonds is 4. The van der Waals surface area contributed by atoms with Crippen molar-refractivity contribution in [1.82, 2.24) is 4.98 Å². The fourth-order valence-electron chi connectivity index (χ4n) is 3.51. The lowest BCUT2D eigenvalue weighted by Gasteiger charge is -2.23. The molecule has 1 aliphatic rings. The zero-order chi connectivity index (χ0) is 21.4. The molecule has 0 spiro atoms. The molecule has 4 rings (SSSR count). The first-order chi connectivity index (χ1) is 14.4. The molecule has 1 amide bonds. The number of anilines is 1. The van der Waals surface area contributed by atoms with E-state index in [2.05, 4.69) is 4.98 Å². The Balaban J connectivity index is 1.92. The van der Waals surface area contributed by atoms with Gasteiger partial charge in [0.15, 0.2) is 5.13 Å². The van der Waals surface area contributed by atoms with Crippen LogP contribution in [0, 0.1) is 6.92 Å². The summed E-state index contributed by atoms with van der Waals surface area (Å²) in [5.74, 6) is -1.10. The average Bonchev–Trinajstić information content (AvgIpc) is 3.35. The zero-order valence-corrected chi connectivity index (χ0v) is 17.7. The third kappa shape index (κ3) is 3.36. The average molecular weight is 441 g/mol. The van der Waals surface area contributed by atoms with Gasteiger partial charge in [0.2, 0.25) is 0 Å². The fourth-order valence-corrected chi connectivity index (χ4v) is 4.30. The second-order valence-electron chi connectivity index (χ2n) is 6.72. The van der Waals surface area contributed by atoms with Crippen LogP contribution in [0.15, 0.2) is 59.6 Å². The fraction of sp³-hybridized carbons (Fsp3) is 0.136. The van der Waals surface area contributed by atoms with Crippen molar-refractivity contribution in [3.05, 3.63) is 81.3 Å². The largest absolute Gasteiger partial charge is 0.507 e. The van der Waals surface area contributed by atoms with Gasteiger partial charge in [-0.3, -0.25) is 14.5 Å². The third-order valence-corrected chi connectivity index (χ3v) is 5.95. The molecule has 0 bridgehead atoms. The van der Waals surface area contributed by atoms with E-state index in [9.17, 15) is 14.7 Å². The predicted molar refractivity (Wildman–Crippen MR) is 116 cm³/mol. The predicted octanol–water partition coefficient (Wildman–Crippen LogP) is 4.74. The Kier molecular flexibility index (Phi) is 5.32. The van der Waals surface area contributed by atoms with Crippen molar-refractivity contribution in [1.29, 1.82) is 0 Å². The number of aromatic nitrogens is 1. The van der Waals surface area contributed by atoms with Crippen LogP contribution in [-0.4, -0.2) is 28.9 Å². The highest BCUT2D eigenvalue weighted by atomic mass is 35.5. The second-order valence-corrected chi connectivity index (χ2v) is 8.03. The Morgan fingerprint density at radius 1 is 1.20 bits per heavy atom. The van der Waals surface area contributed by atoms with Gasteiger partial charge in [0.25, 0.3) is 5.78 Å². The summed E-state index contributed by atoms with van der Waals surface area (Å²) >= 11 is 7.26. The molecule has 1 aliphatic heterocycles. The zero-order valence-electron chi connectivity index (χ0n) is 16.1. The van der Waals surface area contributed by atoms with E-state index in [4.69, 9.17) is 16.3 Å². The molecule has 1 unspecified atom stereocenters. The second kappa shape index (κ2) is 7.93. The van der Waals surface area contributed by atoms with E-state index in [1.54, 1.807) is 61.2 Å². The van der Waals surface area contributed by atoms with Gasteiger partial charge in [-0.1, -0.05) is 23.7 Å². The number of carbonyl (C=O) groups excluding carboxylic acids is 2. The Morgan fingerprint density at radius 3 is 2.53 bits per heavy atom. The van der Waals surface area contributed by atoms with Gasteiger partial charge >= 0.3 is 5.91 Å². The molecule has 0 radical (unpaired) electrons. The van der Waals surface area contributed by atoms with Crippen molar-refractivity contribution in [2.75, 3.05) is 12.0 Å². The van der Waals surface area contributed by atoms with Gasteiger partial charge < -0.3 is 9.84 Å². The number of thiazole rings is 1. The quantitative estimate of drug-likeness (QED) is 0.360. The first-order valence-electron chi connectivity index (χ1n) is 9.03. The number of methoxy groups -OCH3 is 1. The van der Waals surface area contributed by atoms with Crippen molar-refractivity contribution in [2.24, 2.45) is 0 Å². The molecular weight excluding hydrogens is 424 g/mol. The minimum absolute atomic E-state index is 0.00193. The minimum Gasteiger partial charge on any atom is -0.507 e. The number of nitrogens with zero attached hydrogens (tertiary/aromatic N) is 2. The van der Waals surface area contributed by atoms with Crippen LogP contribution in [0.25, 0.3) is 5.76 Å². The summed E-state index contributed by atoms with van der Waals surface area (Å²) in [6.45, 7) is 1.83. The molecule has 1 fully saturated rings. The number of Topliss-reactive ketones (excluding diaryl/α,β-unsaturated/α-hetero) is 1. The van der Waals surface area contributed by atoms with Gasteiger partial charge in [-0.05, 0) is 48.4 Å². The maximum absolute atomic E-state index is 13.0. The minimum atomic E-state index is -0.823. The van der Waals surface area contributed by atoms with Gasteiger partial charge in [0.1, 0.15) is 11.5 Å². The van der Waals surface area contributed by atoms with Crippen LogP contribution in [0.1, 0.15) is 22.7 Å². The smallest absolute Gasteiger partial charge is 0.301 e. The molecule has 1 saturated heterocycles. The molecule has 1 atom stereocenters. The maximum atomic E-state index is 13.0. The van der Waals surface area contributed by atoms with E-state index in [-0.39, 0.29) is 11.3 Å². The highest BCUT2D eigenvalue weighted by molar-refractivity contribution is 7.14. The van der Waals surface area contributed by atoms with Gasteiger partial charge in [-0.15, -0.1) is 11.3 Å². The van der Waals surface area contributed by atoms with E-state index in [0.717, 1.165) is 5.56 Å². The number of amides is 1. The molecule has 3 aromatic rings. The summed E-state index contributed by atoms with van der Waals surface area (Å²) in [5, 5.41) is 13.7. The van der Waals surface area contributed by atoms with E-state index in [0.29, 0.717) is 27.0 Å². The van der Waals surface area contributed by atoms with Crippen molar-refractivity contribution in [3.63, 3.8) is 0 Å². The molecule has 1 aromatic heterocycles. The molecule has 2 aromatic carbocycles. The summed E-state index contributed by atoms with van der Waals surface area (Å²) in [7, 11) is 1.56. The van der Waals surface area contributed by atoms with Gasteiger partial charge in [0.05, 0.1) is 18.7 Å². The number of aliphatic hydroxyl groups is 1. The summed E-state index contributed by atoms with van der Waals surface area (Å²) in [6, 6.07) is 11.1. The van der Waals surface area contributed by atoms with Crippen LogP contribution in [0.4, 0.5) is 5.13 Å². The standard InChI is InChI=1S/C22H17ClN2O4S/c1-12-11-14(5-8-16(12)29-2)19(26)17-18(13-3-6-15(23)7-4-13)25(21(28)20(17)27)22-24-9-10-30-22/h3-11,18,26H,1-2H3. The number of ether oxygens (including phenoxy) is 1. The first-order valence-corrected chi connectivity index (χ1v) is 10.3. The van der Waals surface area contributed by atoms with Crippen LogP contribution in [0.2, 0.25) is 5.02 Å². The van der Waals surface area contributed by atoms with Crippen molar-refractivity contribution < 1.29 is 19.4 Å². The van der Waals surface area contributed by atoms with Crippen molar-refractivity contribution >= 4 is 45.5 Å². The highest BCUT2D eigenvalue weighted by Gasteiger charge is 2.47. The molecular formula is C22H17ClN2O4S. The monoisotopic (exact) mass is 440 g/mol. The van der Waals surface area contributed by atoms with Crippen LogP contribution >= 0.6 is 22.9 Å². The maximum Gasteiger partial charge on any atom is 0.301 e. The Bertz CT molecular complexity index is 1160. The summed E-state index contributed by atoms with van der Waals surface area (Å²) in [4.78, 5) is 31.4. The van der Waals surface area contributed by atoms with Crippen LogP contribution < -0.4 is 9.64 Å². The van der Waals surface area contributed by atoms with Gasteiger partial charge in [-0.2, -0.15) is 0 Å². The lowest BCUT2D eigenvalue weighted by molar-refractivity contribution is -0.132. The van der Waals surface area contributed by atoms with E-state index in [1.807, 2.05) is 6.92 Å². The van der Waals surface area contributed by atoms with Crippen LogP contribution in [0.5, 0.6) is 5.75 Å². The highest BCUT2D eigenvalue weighted by Crippen LogP contribution is 2.43. The van der Waals surface area contributed by atoms with Gasteiger partial charge in [-0.25, -0.2) is 4.98 Å². The molecule has 2 heterocycles. The van der Waals surface area contributed by atoms with E-state index in [1.165, 1.54) is 16.2 Å². The number of hydrogen-bond donors (Lipinski definition) is 1. The topological polar surface area (TPSA) is 79.7 Å². The number of carbonyl (C=O) groups is 2. The summed E-state index contributed by atoms with van der Waals surface area (Å²) < 4.78 is 5.26. The lowest BCUT2D eigenvalue weighted by atomic mass is 9.95. The number of ketones is 1. The van der Waals surface area contributed by atoms with Crippen molar-refractivity contribution in [2.45, 2.75) is 13.0 Å². The van der Waals surface area contributed by atoms with Crippen LogP contribution in [-0.2, 0) is 9.59 Å². The molecule has 0 aliphatic carbocycles. The van der Waals surface area contributed by atoms with Crippen molar-refractivity contribution in [3.8, 4) is 5.75 Å². The molecule has 1 N–H and O–H groups in total. The molecule has 8 heteroatoms. The molecule has 0 saturated carbocycles. The molecule has 152 valence electrons. The third-order valence-electron chi connectivity index (χ3n) is 4.92. The lowest BCUT2D eigenvalue weighted by Crippen LogP contribution is -2.29. The SMILES string of the molecule is COc1ccc(C(O)=C2C(=O)C(=O)N(c3nccs3)C2c2ccc(Cl)cc2)cc1C. The molecule has 30 heavy (non-hydrogen) atoms. The normalized spacial score (nSPS) is 18.1. The van der Waals surface area contributed by atoms with Crippen LogP contribution in [0.3, 0.4) is 0 Å². The van der Waals surface area contributed by atoms with Gasteiger partial charge in [0, 0.05) is 22.2 Å². The Hall–Kier alpha value is -3.16. The number of aryl methyl sites for hydroxylation is 1. The summed E-state index contributed by atoms with van der Waals surface area (Å²) in [6.07, 6.45) is 1.56. The number of benzene rings is 2. The Morgan fingerprint density at radius 2 is 1.93 bits per heavy atom. The summed E-state index contributed by atoms with van der Waals surface area (Å²) in [5.41, 5.74) is 1.85. The first kappa shape index (κ1) is 20.1. The molecule has 6 nitrogen and oxygen atoms in total. The van der Waals surface area contributed by atoms with E-state index >= 15 is 0 Å². The number of aliphatic hydroxyl groups excluding tert-OH is 1. The van der Waals surface area contributed by atoms with E-state index < -0.39 is 17.7 Å².